The summed E-state index contributed by atoms with van der Waals surface area (Å²) in [5.41, 5.74) is 1.07. The number of hydrogen-bond acceptors (Lipinski definition) is 2. The van der Waals surface area contributed by atoms with Gasteiger partial charge in [0.1, 0.15) is 5.82 Å². The molecule has 1 aliphatic carbocycles. The van der Waals surface area contributed by atoms with E-state index in [0.717, 1.165) is 12.0 Å². The number of rotatable bonds is 6. The van der Waals surface area contributed by atoms with Crippen molar-refractivity contribution < 1.29 is 14.3 Å². The highest BCUT2D eigenvalue weighted by Gasteiger charge is 2.21. The van der Waals surface area contributed by atoms with Crippen molar-refractivity contribution in [1.29, 1.82) is 0 Å². The monoisotopic (exact) mass is 293 g/mol. The maximum absolute atomic E-state index is 13.3. The van der Waals surface area contributed by atoms with Crippen LogP contribution in [0.25, 0.3) is 0 Å². The molecule has 1 fully saturated rings. The van der Waals surface area contributed by atoms with E-state index in [1.54, 1.807) is 12.1 Å². The van der Waals surface area contributed by atoms with Crippen LogP contribution in [0.3, 0.4) is 0 Å². The number of hydrogen-bond donors (Lipinski definition) is 2. The number of halogens is 1. The van der Waals surface area contributed by atoms with Gasteiger partial charge in [-0.1, -0.05) is 38.7 Å². The third-order valence-corrected chi connectivity index (χ3v) is 4.36. The number of carbonyl (C=O) groups excluding carboxylic acids is 1. The van der Waals surface area contributed by atoms with Crippen molar-refractivity contribution in [1.82, 2.24) is 5.32 Å². The second-order valence-electron chi connectivity index (χ2n) is 6.09. The molecule has 1 unspecified atom stereocenters. The molecule has 0 saturated heterocycles. The Kier molecular flexibility index (Phi) is 5.74. The molecular formula is C17H24FNO2. The van der Waals surface area contributed by atoms with Crippen LogP contribution in [0.1, 0.15) is 50.2 Å². The SMILES string of the molecule is CC(CC1CCCC1)C(=O)NCc1ccc(F)c(CO)c1. The van der Waals surface area contributed by atoms with E-state index in [9.17, 15) is 9.18 Å². The number of aliphatic hydroxyl groups excluding tert-OH is 1. The van der Waals surface area contributed by atoms with Gasteiger partial charge in [-0.15, -0.1) is 0 Å². The number of benzene rings is 1. The first kappa shape index (κ1) is 16.0. The van der Waals surface area contributed by atoms with Gasteiger partial charge in [0.15, 0.2) is 0 Å². The summed E-state index contributed by atoms with van der Waals surface area (Å²) in [6, 6.07) is 4.56. The molecule has 0 spiro atoms. The van der Waals surface area contributed by atoms with Crippen LogP contribution in [-0.4, -0.2) is 11.0 Å². The maximum Gasteiger partial charge on any atom is 0.223 e. The summed E-state index contributed by atoms with van der Waals surface area (Å²) in [6.07, 6.45) is 6.03. The van der Waals surface area contributed by atoms with E-state index in [1.165, 1.54) is 31.7 Å². The van der Waals surface area contributed by atoms with E-state index < -0.39 is 5.82 Å². The Morgan fingerprint density at radius 2 is 2.14 bits per heavy atom. The smallest absolute Gasteiger partial charge is 0.223 e. The van der Waals surface area contributed by atoms with Crippen LogP contribution in [0.15, 0.2) is 18.2 Å². The van der Waals surface area contributed by atoms with Crippen LogP contribution < -0.4 is 5.32 Å². The van der Waals surface area contributed by atoms with Crippen molar-refractivity contribution in [3.8, 4) is 0 Å². The summed E-state index contributed by atoms with van der Waals surface area (Å²) >= 11 is 0. The minimum absolute atomic E-state index is 0.0193. The van der Waals surface area contributed by atoms with Crippen LogP contribution in [-0.2, 0) is 17.9 Å². The molecule has 1 amide bonds. The highest BCUT2D eigenvalue weighted by molar-refractivity contribution is 5.78. The molecule has 2 rings (SSSR count). The van der Waals surface area contributed by atoms with Crippen molar-refractivity contribution in [2.75, 3.05) is 0 Å². The lowest BCUT2D eigenvalue weighted by atomic mass is 9.94. The summed E-state index contributed by atoms with van der Waals surface area (Å²) < 4.78 is 13.3. The second-order valence-corrected chi connectivity index (χ2v) is 6.09. The molecule has 21 heavy (non-hydrogen) atoms. The van der Waals surface area contributed by atoms with E-state index in [4.69, 9.17) is 5.11 Å². The number of nitrogens with one attached hydrogen (secondary N) is 1. The molecule has 0 bridgehead atoms. The van der Waals surface area contributed by atoms with E-state index in [-0.39, 0.29) is 24.0 Å². The van der Waals surface area contributed by atoms with Gasteiger partial charge in [-0.3, -0.25) is 4.79 Å². The third kappa shape index (κ3) is 4.53. The summed E-state index contributed by atoms with van der Waals surface area (Å²) in [5.74, 6) is 0.349. The Labute approximate surface area is 125 Å². The fourth-order valence-electron chi connectivity index (χ4n) is 3.08. The second kappa shape index (κ2) is 7.55. The molecule has 0 heterocycles. The zero-order valence-corrected chi connectivity index (χ0v) is 12.6. The highest BCUT2D eigenvalue weighted by Crippen LogP contribution is 2.30. The molecule has 1 aromatic carbocycles. The first-order valence-corrected chi connectivity index (χ1v) is 7.76. The van der Waals surface area contributed by atoms with E-state index in [0.29, 0.717) is 12.5 Å². The van der Waals surface area contributed by atoms with E-state index >= 15 is 0 Å². The minimum Gasteiger partial charge on any atom is -0.392 e. The van der Waals surface area contributed by atoms with Crippen molar-refractivity contribution in [2.45, 2.75) is 52.2 Å². The predicted molar refractivity (Wildman–Crippen MR) is 79.9 cm³/mol. The molecule has 0 aromatic heterocycles. The first-order chi connectivity index (χ1) is 10.1. The summed E-state index contributed by atoms with van der Waals surface area (Å²) in [4.78, 5) is 12.1. The fraction of sp³-hybridized carbons (Fsp3) is 0.588. The van der Waals surface area contributed by atoms with Crippen LogP contribution in [0.2, 0.25) is 0 Å². The lowest BCUT2D eigenvalue weighted by molar-refractivity contribution is -0.125. The Morgan fingerprint density at radius 1 is 1.43 bits per heavy atom. The normalized spacial score (nSPS) is 16.9. The van der Waals surface area contributed by atoms with Gasteiger partial charge in [-0.05, 0) is 30.0 Å². The van der Waals surface area contributed by atoms with Gasteiger partial charge in [-0.2, -0.15) is 0 Å². The van der Waals surface area contributed by atoms with Crippen LogP contribution in [0.5, 0.6) is 0 Å². The Balaban J connectivity index is 1.82. The molecule has 1 aliphatic rings. The number of carbonyl (C=O) groups is 1. The molecule has 1 aromatic rings. The zero-order valence-electron chi connectivity index (χ0n) is 12.6. The Morgan fingerprint density at radius 3 is 2.81 bits per heavy atom. The molecule has 116 valence electrons. The average molecular weight is 293 g/mol. The summed E-state index contributed by atoms with van der Waals surface area (Å²) in [6.45, 7) is 2.02. The topological polar surface area (TPSA) is 49.3 Å². The van der Waals surface area contributed by atoms with Gasteiger partial charge in [-0.25, -0.2) is 4.39 Å². The lowest BCUT2D eigenvalue weighted by Crippen LogP contribution is -2.29. The van der Waals surface area contributed by atoms with Gasteiger partial charge in [0.25, 0.3) is 0 Å². The minimum atomic E-state index is -0.415. The molecule has 3 nitrogen and oxygen atoms in total. The number of amides is 1. The number of aliphatic hydroxyl groups is 1. The van der Waals surface area contributed by atoms with Crippen molar-refractivity contribution in [2.24, 2.45) is 11.8 Å². The average Bonchev–Trinajstić information content (AvgIpc) is 2.98. The van der Waals surface area contributed by atoms with Crippen LogP contribution >= 0.6 is 0 Å². The molecule has 1 saturated carbocycles. The van der Waals surface area contributed by atoms with Crippen molar-refractivity contribution >= 4 is 5.91 Å². The maximum atomic E-state index is 13.3. The van der Waals surface area contributed by atoms with Gasteiger partial charge < -0.3 is 10.4 Å². The standard InChI is InChI=1S/C17H24FNO2/c1-12(8-13-4-2-3-5-13)17(21)19-10-14-6-7-16(18)15(9-14)11-20/h6-7,9,12-13,20H,2-5,8,10-11H2,1H3,(H,19,21). The quantitative estimate of drug-likeness (QED) is 0.846. The zero-order chi connectivity index (χ0) is 15.2. The molecular weight excluding hydrogens is 269 g/mol. The Bertz CT molecular complexity index is 484. The first-order valence-electron chi connectivity index (χ1n) is 7.76. The molecule has 0 aliphatic heterocycles. The van der Waals surface area contributed by atoms with Crippen molar-refractivity contribution in [3.63, 3.8) is 0 Å². The largest absolute Gasteiger partial charge is 0.392 e. The van der Waals surface area contributed by atoms with Crippen LogP contribution in [0, 0.1) is 17.7 Å². The third-order valence-electron chi connectivity index (χ3n) is 4.36. The van der Waals surface area contributed by atoms with E-state index in [1.807, 2.05) is 6.92 Å². The highest BCUT2D eigenvalue weighted by atomic mass is 19.1. The molecule has 2 N–H and O–H groups in total. The molecule has 1 atom stereocenters. The molecule has 0 radical (unpaired) electrons. The Hall–Kier alpha value is -1.42. The van der Waals surface area contributed by atoms with Gasteiger partial charge >= 0.3 is 0 Å². The van der Waals surface area contributed by atoms with Gasteiger partial charge in [0, 0.05) is 18.0 Å². The van der Waals surface area contributed by atoms with Crippen molar-refractivity contribution in [3.05, 3.63) is 35.1 Å². The lowest BCUT2D eigenvalue weighted by Gasteiger charge is -2.16. The molecule has 4 heteroatoms. The summed E-state index contributed by atoms with van der Waals surface area (Å²) in [5, 5.41) is 11.9. The van der Waals surface area contributed by atoms with E-state index in [2.05, 4.69) is 5.32 Å². The van der Waals surface area contributed by atoms with Gasteiger partial charge in [0.2, 0.25) is 5.91 Å². The fourth-order valence-corrected chi connectivity index (χ4v) is 3.08. The summed E-state index contributed by atoms with van der Waals surface area (Å²) in [7, 11) is 0. The van der Waals surface area contributed by atoms with Gasteiger partial charge in [0.05, 0.1) is 6.61 Å². The van der Waals surface area contributed by atoms with Crippen LogP contribution in [0.4, 0.5) is 4.39 Å². The predicted octanol–water partition coefficient (Wildman–Crippen LogP) is 3.15.